The van der Waals surface area contributed by atoms with Gasteiger partial charge in [-0.05, 0) is 12.8 Å². The largest absolute Gasteiger partial charge is 0.481 e. The van der Waals surface area contributed by atoms with Gasteiger partial charge < -0.3 is 10.4 Å². The van der Waals surface area contributed by atoms with Crippen molar-refractivity contribution < 1.29 is 14.7 Å². The first kappa shape index (κ1) is 26.4. The second-order valence-electron chi connectivity index (χ2n) is 7.64. The van der Waals surface area contributed by atoms with Crippen LogP contribution in [0.15, 0.2) is 0 Å². The van der Waals surface area contributed by atoms with Gasteiger partial charge in [0, 0.05) is 13.0 Å². The molecule has 0 aromatic carbocycles. The van der Waals surface area contributed by atoms with E-state index < -0.39 is 5.97 Å². The molecule has 5 heteroatoms. The maximum atomic E-state index is 11.0. The lowest BCUT2D eigenvalue weighted by Gasteiger charge is -2.04. The predicted molar refractivity (Wildman–Crippen MR) is 118 cm³/mol. The van der Waals surface area contributed by atoms with E-state index in [0.717, 1.165) is 25.8 Å². The molecule has 27 heavy (non-hydrogen) atoms. The number of alkyl halides is 1. The van der Waals surface area contributed by atoms with Crippen molar-refractivity contribution in [2.45, 2.75) is 116 Å². The summed E-state index contributed by atoms with van der Waals surface area (Å²) in [5.41, 5.74) is 0. The van der Waals surface area contributed by atoms with Crippen LogP contribution < -0.4 is 5.32 Å². The van der Waals surface area contributed by atoms with Gasteiger partial charge in [0.25, 0.3) is 0 Å². The quantitative estimate of drug-likeness (QED) is 0.153. The number of halogens is 1. The van der Waals surface area contributed by atoms with Crippen LogP contribution in [-0.4, -0.2) is 28.9 Å². The molecule has 160 valence electrons. The molecule has 0 aliphatic rings. The van der Waals surface area contributed by atoms with Crippen molar-refractivity contribution in [2.24, 2.45) is 0 Å². The second-order valence-corrected chi connectivity index (χ2v) is 8.20. The first-order valence-corrected chi connectivity index (χ1v) is 12.3. The van der Waals surface area contributed by atoms with Crippen LogP contribution in [0.5, 0.6) is 0 Å². The molecule has 0 aliphatic carbocycles. The van der Waals surface area contributed by atoms with E-state index in [1.54, 1.807) is 0 Å². The van der Waals surface area contributed by atoms with Crippen LogP contribution in [0.4, 0.5) is 0 Å². The topological polar surface area (TPSA) is 66.4 Å². The summed E-state index contributed by atoms with van der Waals surface area (Å²) < 4.78 is 0. The molecule has 1 amide bonds. The Morgan fingerprint density at radius 1 is 0.593 bits per heavy atom. The highest BCUT2D eigenvalue weighted by molar-refractivity contribution is 9.09. The van der Waals surface area contributed by atoms with E-state index in [4.69, 9.17) is 5.11 Å². The van der Waals surface area contributed by atoms with E-state index in [9.17, 15) is 9.59 Å². The number of aliphatic carboxylic acids is 1. The molecule has 4 nitrogen and oxygen atoms in total. The van der Waals surface area contributed by atoms with E-state index in [2.05, 4.69) is 21.2 Å². The Morgan fingerprint density at radius 2 is 0.926 bits per heavy atom. The van der Waals surface area contributed by atoms with Crippen molar-refractivity contribution in [3.8, 4) is 0 Å². The van der Waals surface area contributed by atoms with Crippen molar-refractivity contribution in [1.29, 1.82) is 0 Å². The van der Waals surface area contributed by atoms with Crippen molar-refractivity contribution in [2.75, 3.05) is 11.9 Å². The standard InChI is InChI=1S/C22H42BrNO3/c23-20-21(25)24-19-17-15-13-11-9-7-5-3-1-2-4-6-8-10-12-14-16-18-22(26)27/h1-20H2,(H,24,25)(H,26,27). The third-order valence-corrected chi connectivity index (χ3v) is 5.52. The molecule has 0 bridgehead atoms. The first-order valence-electron chi connectivity index (χ1n) is 11.2. The van der Waals surface area contributed by atoms with E-state index in [1.807, 2.05) is 0 Å². The second kappa shape index (κ2) is 21.7. The number of carboxylic acids is 1. The summed E-state index contributed by atoms with van der Waals surface area (Å²) in [6, 6.07) is 0. The summed E-state index contributed by atoms with van der Waals surface area (Å²) in [6.07, 6.45) is 21.9. The van der Waals surface area contributed by atoms with Crippen LogP contribution in [0, 0.1) is 0 Å². The predicted octanol–water partition coefficient (Wildman–Crippen LogP) is 6.60. The highest BCUT2D eigenvalue weighted by Crippen LogP contribution is 2.14. The van der Waals surface area contributed by atoms with Crippen molar-refractivity contribution in [3.05, 3.63) is 0 Å². The van der Waals surface area contributed by atoms with Crippen molar-refractivity contribution >= 4 is 27.8 Å². The zero-order valence-corrected chi connectivity index (χ0v) is 18.9. The normalized spacial score (nSPS) is 10.9. The number of carboxylic acid groups (broad SMARTS) is 1. The van der Waals surface area contributed by atoms with Crippen LogP contribution >= 0.6 is 15.9 Å². The highest BCUT2D eigenvalue weighted by Gasteiger charge is 1.98. The third-order valence-electron chi connectivity index (χ3n) is 5.01. The fourth-order valence-corrected chi connectivity index (χ4v) is 3.53. The SMILES string of the molecule is O=C(O)CCCCCCCCCCCCCCCCCCCNC(=O)CBr. The molecule has 0 fully saturated rings. The highest BCUT2D eigenvalue weighted by atomic mass is 79.9. The van der Waals surface area contributed by atoms with Crippen LogP contribution in [0.1, 0.15) is 116 Å². The number of rotatable bonds is 21. The van der Waals surface area contributed by atoms with E-state index >= 15 is 0 Å². The molecule has 0 saturated carbocycles. The lowest BCUT2D eigenvalue weighted by Crippen LogP contribution is -2.25. The maximum absolute atomic E-state index is 11.0. The van der Waals surface area contributed by atoms with Gasteiger partial charge in [0.05, 0.1) is 5.33 Å². The first-order chi connectivity index (χ1) is 13.2. The molecule has 2 N–H and O–H groups in total. The average molecular weight is 448 g/mol. The minimum absolute atomic E-state index is 0.0861. The lowest BCUT2D eigenvalue weighted by atomic mass is 10.0. The van der Waals surface area contributed by atoms with Gasteiger partial charge in [0.2, 0.25) is 5.91 Å². The maximum Gasteiger partial charge on any atom is 0.303 e. The molecule has 0 unspecified atom stereocenters. The summed E-state index contributed by atoms with van der Waals surface area (Å²) in [4.78, 5) is 21.4. The number of nitrogens with one attached hydrogen (secondary N) is 1. The Bertz CT molecular complexity index is 350. The summed E-state index contributed by atoms with van der Waals surface area (Å²) >= 11 is 3.15. The monoisotopic (exact) mass is 447 g/mol. The summed E-state index contributed by atoms with van der Waals surface area (Å²) in [5.74, 6) is -0.578. The van der Waals surface area contributed by atoms with E-state index in [1.165, 1.54) is 89.9 Å². The van der Waals surface area contributed by atoms with Gasteiger partial charge in [-0.1, -0.05) is 112 Å². The van der Waals surface area contributed by atoms with Crippen LogP contribution in [0.3, 0.4) is 0 Å². The summed E-state index contributed by atoms with van der Waals surface area (Å²) in [5, 5.41) is 11.9. The number of carbonyl (C=O) groups is 2. The van der Waals surface area contributed by atoms with Crippen molar-refractivity contribution in [1.82, 2.24) is 5.32 Å². The van der Waals surface area contributed by atoms with Gasteiger partial charge in [-0.15, -0.1) is 0 Å². The Kier molecular flexibility index (Phi) is 21.3. The molecular weight excluding hydrogens is 406 g/mol. The van der Waals surface area contributed by atoms with Gasteiger partial charge in [0.15, 0.2) is 0 Å². The minimum atomic E-state index is -0.664. The number of unbranched alkanes of at least 4 members (excludes halogenated alkanes) is 16. The van der Waals surface area contributed by atoms with Crippen LogP contribution in [-0.2, 0) is 9.59 Å². The zero-order chi connectivity index (χ0) is 20.0. The zero-order valence-electron chi connectivity index (χ0n) is 17.3. The molecular formula is C22H42BrNO3. The summed E-state index contributed by atoms with van der Waals surface area (Å²) in [7, 11) is 0. The summed E-state index contributed by atoms with van der Waals surface area (Å²) in [6.45, 7) is 0.815. The number of amides is 1. The van der Waals surface area contributed by atoms with Gasteiger partial charge >= 0.3 is 5.97 Å². The van der Waals surface area contributed by atoms with Gasteiger partial charge in [-0.3, -0.25) is 9.59 Å². The Hall–Kier alpha value is -0.580. The fourth-order valence-electron chi connectivity index (χ4n) is 3.33. The van der Waals surface area contributed by atoms with Gasteiger partial charge in [-0.2, -0.15) is 0 Å². The van der Waals surface area contributed by atoms with Gasteiger partial charge in [0.1, 0.15) is 0 Å². The molecule has 0 heterocycles. The molecule has 0 aromatic rings. The fraction of sp³-hybridized carbons (Fsp3) is 0.909. The smallest absolute Gasteiger partial charge is 0.303 e. The third kappa shape index (κ3) is 23.4. The average Bonchev–Trinajstić information content (AvgIpc) is 2.65. The molecule has 0 spiro atoms. The molecule has 0 rings (SSSR count). The van der Waals surface area contributed by atoms with E-state index in [0.29, 0.717) is 11.8 Å². The molecule has 0 radical (unpaired) electrons. The number of carbonyl (C=O) groups excluding carboxylic acids is 1. The Balaban J connectivity index is 3.03. The Morgan fingerprint density at radius 3 is 1.26 bits per heavy atom. The van der Waals surface area contributed by atoms with Crippen LogP contribution in [0.2, 0.25) is 0 Å². The molecule has 0 aliphatic heterocycles. The van der Waals surface area contributed by atoms with E-state index in [-0.39, 0.29) is 5.91 Å². The van der Waals surface area contributed by atoms with Crippen LogP contribution in [0.25, 0.3) is 0 Å². The van der Waals surface area contributed by atoms with Gasteiger partial charge in [-0.25, -0.2) is 0 Å². The lowest BCUT2D eigenvalue weighted by molar-refractivity contribution is -0.137. The number of hydrogen-bond donors (Lipinski definition) is 2. The minimum Gasteiger partial charge on any atom is -0.481 e. The molecule has 0 saturated heterocycles. The molecule has 0 aromatic heterocycles. The number of hydrogen-bond acceptors (Lipinski definition) is 2. The Labute approximate surface area is 175 Å². The van der Waals surface area contributed by atoms with Crippen molar-refractivity contribution in [3.63, 3.8) is 0 Å². The molecule has 0 atom stereocenters.